The molecule has 0 amide bonds. The van der Waals surface area contributed by atoms with Crippen molar-refractivity contribution in [2.45, 2.75) is 90.7 Å². The molecule has 1 aromatic rings. The van der Waals surface area contributed by atoms with Crippen molar-refractivity contribution in [3.8, 4) is 0 Å². The number of aromatic nitrogens is 2. The Morgan fingerprint density at radius 3 is 2.30 bits per heavy atom. The molecule has 1 N–H and O–H groups in total. The number of rotatable bonds is 12. The molecule has 0 radical (unpaired) electrons. The van der Waals surface area contributed by atoms with Gasteiger partial charge in [0.25, 0.3) is 0 Å². The van der Waals surface area contributed by atoms with Crippen molar-refractivity contribution < 1.29 is 5.11 Å². The van der Waals surface area contributed by atoms with Crippen LogP contribution in [0.15, 0.2) is 12.4 Å². The maximum absolute atomic E-state index is 10.1. The largest absolute Gasteiger partial charge is 0.388 e. The average molecular weight is 280 g/mol. The Balaban J connectivity index is 2.05. The third-order valence-electron chi connectivity index (χ3n) is 3.82. The fourth-order valence-electron chi connectivity index (χ4n) is 2.54. The van der Waals surface area contributed by atoms with E-state index >= 15 is 0 Å². The first-order valence-electron chi connectivity index (χ1n) is 8.48. The molecule has 0 spiro atoms. The molecule has 0 aliphatic heterocycles. The van der Waals surface area contributed by atoms with Crippen molar-refractivity contribution >= 4 is 0 Å². The van der Waals surface area contributed by atoms with Crippen LogP contribution in [0.25, 0.3) is 0 Å². The Bertz CT molecular complexity index is 335. The zero-order valence-corrected chi connectivity index (χ0v) is 13.4. The van der Waals surface area contributed by atoms with Crippen LogP contribution in [0.1, 0.15) is 89.7 Å². The van der Waals surface area contributed by atoms with Crippen molar-refractivity contribution in [3.05, 3.63) is 18.0 Å². The number of hydrogen-bond donors (Lipinski definition) is 1. The van der Waals surface area contributed by atoms with Crippen LogP contribution in [0.2, 0.25) is 0 Å². The van der Waals surface area contributed by atoms with E-state index in [1.54, 1.807) is 0 Å². The van der Waals surface area contributed by atoms with E-state index in [1.807, 2.05) is 17.1 Å². The lowest BCUT2D eigenvalue weighted by molar-refractivity contribution is 0.163. The molecule has 0 fully saturated rings. The van der Waals surface area contributed by atoms with E-state index in [0.717, 1.165) is 31.4 Å². The third kappa shape index (κ3) is 7.09. The van der Waals surface area contributed by atoms with Crippen LogP contribution >= 0.6 is 0 Å². The van der Waals surface area contributed by atoms with Gasteiger partial charge in [-0.15, -0.1) is 0 Å². The van der Waals surface area contributed by atoms with Crippen LogP contribution in [-0.4, -0.2) is 14.9 Å². The fraction of sp³-hybridized carbons (Fsp3) is 0.824. The lowest BCUT2D eigenvalue weighted by atomic mass is 10.0. The molecule has 1 heterocycles. The minimum absolute atomic E-state index is 0.333. The summed E-state index contributed by atoms with van der Waals surface area (Å²) in [6.07, 6.45) is 15.9. The first-order chi connectivity index (χ1) is 9.77. The van der Waals surface area contributed by atoms with Gasteiger partial charge in [0.1, 0.15) is 0 Å². The van der Waals surface area contributed by atoms with Gasteiger partial charge < -0.3 is 5.11 Å². The van der Waals surface area contributed by atoms with Gasteiger partial charge in [-0.1, -0.05) is 65.2 Å². The summed E-state index contributed by atoms with van der Waals surface area (Å²) in [7, 11) is 0. The van der Waals surface area contributed by atoms with Crippen LogP contribution < -0.4 is 0 Å². The topological polar surface area (TPSA) is 38.1 Å². The van der Waals surface area contributed by atoms with E-state index in [1.165, 1.54) is 44.9 Å². The van der Waals surface area contributed by atoms with E-state index < -0.39 is 0 Å². The molecule has 0 saturated carbocycles. The molecular formula is C17H32N2O. The molecule has 0 saturated heterocycles. The van der Waals surface area contributed by atoms with Crippen LogP contribution in [0.3, 0.4) is 0 Å². The molecule has 0 aromatic carbocycles. The van der Waals surface area contributed by atoms with Crippen LogP contribution in [0.4, 0.5) is 0 Å². The number of hydrogen-bond acceptors (Lipinski definition) is 2. The fourth-order valence-corrected chi connectivity index (χ4v) is 2.54. The summed E-state index contributed by atoms with van der Waals surface area (Å²) in [5.41, 5.74) is 0.974. The maximum Gasteiger partial charge on any atom is 0.0820 e. The van der Waals surface area contributed by atoms with Gasteiger partial charge in [0.2, 0.25) is 0 Å². The van der Waals surface area contributed by atoms with Gasteiger partial charge in [0.05, 0.1) is 12.3 Å². The third-order valence-corrected chi connectivity index (χ3v) is 3.82. The highest BCUT2D eigenvalue weighted by atomic mass is 16.3. The van der Waals surface area contributed by atoms with Gasteiger partial charge in [0.15, 0.2) is 0 Å². The summed E-state index contributed by atoms with van der Waals surface area (Å²) in [6.45, 7) is 5.33. The molecule has 3 heteroatoms. The van der Waals surface area contributed by atoms with Gasteiger partial charge in [-0.25, -0.2) is 0 Å². The molecule has 116 valence electrons. The smallest absolute Gasteiger partial charge is 0.0820 e. The highest BCUT2D eigenvalue weighted by Gasteiger charge is 2.09. The van der Waals surface area contributed by atoms with Gasteiger partial charge in [-0.2, -0.15) is 5.10 Å². The van der Waals surface area contributed by atoms with Crippen LogP contribution in [0, 0.1) is 0 Å². The number of aliphatic hydroxyl groups excluding tert-OH is 1. The highest BCUT2D eigenvalue weighted by molar-refractivity contribution is 5.07. The van der Waals surface area contributed by atoms with Crippen molar-refractivity contribution in [3.63, 3.8) is 0 Å². The molecule has 20 heavy (non-hydrogen) atoms. The maximum atomic E-state index is 10.1. The molecular weight excluding hydrogens is 248 g/mol. The van der Waals surface area contributed by atoms with E-state index in [-0.39, 0.29) is 6.10 Å². The molecule has 0 bridgehead atoms. The van der Waals surface area contributed by atoms with E-state index in [4.69, 9.17) is 0 Å². The Morgan fingerprint density at radius 2 is 1.65 bits per heavy atom. The number of aryl methyl sites for hydroxylation is 1. The predicted molar refractivity (Wildman–Crippen MR) is 84.7 cm³/mol. The van der Waals surface area contributed by atoms with Crippen molar-refractivity contribution in [2.24, 2.45) is 0 Å². The van der Waals surface area contributed by atoms with Crippen LogP contribution in [-0.2, 0) is 6.54 Å². The number of nitrogens with zero attached hydrogens (tertiary/aromatic N) is 2. The minimum Gasteiger partial charge on any atom is -0.388 e. The summed E-state index contributed by atoms with van der Waals surface area (Å²) >= 11 is 0. The first kappa shape index (κ1) is 17.2. The lowest BCUT2D eigenvalue weighted by Gasteiger charge is -2.08. The second-order valence-corrected chi connectivity index (χ2v) is 5.82. The highest BCUT2D eigenvalue weighted by Crippen LogP contribution is 2.20. The second kappa shape index (κ2) is 10.9. The van der Waals surface area contributed by atoms with Crippen molar-refractivity contribution in [1.29, 1.82) is 0 Å². The summed E-state index contributed by atoms with van der Waals surface area (Å²) < 4.78 is 1.92. The Hall–Kier alpha value is -0.830. The second-order valence-electron chi connectivity index (χ2n) is 5.82. The zero-order chi connectivity index (χ0) is 14.6. The molecule has 1 unspecified atom stereocenters. The SMILES string of the molecule is CCCCCCCCCCC(O)c1cnn(CCC)c1. The molecule has 1 rings (SSSR count). The molecule has 3 nitrogen and oxygen atoms in total. The van der Waals surface area contributed by atoms with Crippen molar-refractivity contribution in [2.75, 3.05) is 0 Å². The summed E-state index contributed by atoms with van der Waals surface area (Å²) in [4.78, 5) is 0. The predicted octanol–water partition coefficient (Wildman–Crippen LogP) is 4.86. The minimum atomic E-state index is -0.333. The number of unbranched alkanes of at least 4 members (excludes halogenated alkanes) is 7. The summed E-state index contributed by atoms with van der Waals surface area (Å²) in [5.74, 6) is 0. The quantitative estimate of drug-likeness (QED) is 0.555. The number of aliphatic hydroxyl groups is 1. The molecule has 1 atom stereocenters. The lowest BCUT2D eigenvalue weighted by Crippen LogP contribution is -1.98. The monoisotopic (exact) mass is 280 g/mol. The van der Waals surface area contributed by atoms with Gasteiger partial charge in [-0.05, 0) is 12.8 Å². The summed E-state index contributed by atoms with van der Waals surface area (Å²) in [6, 6.07) is 0. The van der Waals surface area contributed by atoms with Crippen molar-refractivity contribution in [1.82, 2.24) is 9.78 Å². The van der Waals surface area contributed by atoms with Crippen LogP contribution in [0.5, 0.6) is 0 Å². The molecule has 0 aliphatic carbocycles. The Morgan fingerprint density at radius 1 is 1.00 bits per heavy atom. The molecule has 0 aliphatic rings. The first-order valence-corrected chi connectivity index (χ1v) is 8.48. The van der Waals surface area contributed by atoms with E-state index in [0.29, 0.717) is 0 Å². The van der Waals surface area contributed by atoms with E-state index in [9.17, 15) is 5.11 Å². The Labute approximate surface area is 124 Å². The van der Waals surface area contributed by atoms with E-state index in [2.05, 4.69) is 18.9 Å². The standard InChI is InChI=1S/C17H32N2O/c1-3-5-6-7-8-9-10-11-12-17(20)16-14-18-19(15-16)13-4-2/h14-15,17,20H,3-13H2,1-2H3. The zero-order valence-electron chi connectivity index (χ0n) is 13.4. The summed E-state index contributed by atoms with van der Waals surface area (Å²) in [5, 5.41) is 14.4. The van der Waals surface area contributed by atoms with Gasteiger partial charge in [0, 0.05) is 18.3 Å². The normalized spacial score (nSPS) is 12.8. The van der Waals surface area contributed by atoms with Gasteiger partial charge >= 0.3 is 0 Å². The Kier molecular flexibility index (Phi) is 9.38. The van der Waals surface area contributed by atoms with Gasteiger partial charge in [-0.3, -0.25) is 4.68 Å². The average Bonchev–Trinajstić information content (AvgIpc) is 2.91. The molecule has 1 aromatic heterocycles.